The van der Waals surface area contributed by atoms with Gasteiger partial charge in [-0.1, -0.05) is 0 Å². The molecule has 2 heterocycles. The average Bonchev–Trinajstić information content (AvgIpc) is 2.99. The van der Waals surface area contributed by atoms with E-state index in [0.717, 1.165) is 17.6 Å². The van der Waals surface area contributed by atoms with Crippen LogP contribution < -0.4 is 0 Å². The molecule has 18 heavy (non-hydrogen) atoms. The number of hydrogen-bond donors (Lipinski definition) is 1. The number of rotatable bonds is 3. The molecule has 1 atom stereocenters. The fourth-order valence-electron chi connectivity index (χ4n) is 2.34. The van der Waals surface area contributed by atoms with Crippen molar-refractivity contribution in [2.45, 2.75) is 24.6 Å². The number of carboxylic acids is 1. The summed E-state index contributed by atoms with van der Waals surface area (Å²) in [6.45, 7) is 0.921. The maximum absolute atomic E-state index is 11.0. The Morgan fingerprint density at radius 1 is 1.56 bits per heavy atom. The van der Waals surface area contributed by atoms with Crippen molar-refractivity contribution >= 4 is 28.8 Å². The van der Waals surface area contributed by atoms with Crippen LogP contribution in [0.4, 0.5) is 0 Å². The van der Waals surface area contributed by atoms with Gasteiger partial charge in [0.2, 0.25) is 0 Å². The van der Waals surface area contributed by atoms with Crippen LogP contribution in [0.2, 0.25) is 0 Å². The van der Waals surface area contributed by atoms with Crippen molar-refractivity contribution in [3.8, 4) is 0 Å². The molecule has 2 aromatic rings. The van der Waals surface area contributed by atoms with Crippen molar-refractivity contribution in [1.82, 2.24) is 9.55 Å². The van der Waals surface area contributed by atoms with Crippen LogP contribution in [-0.2, 0) is 6.54 Å². The highest BCUT2D eigenvalue weighted by molar-refractivity contribution is 8.00. The van der Waals surface area contributed by atoms with E-state index < -0.39 is 5.97 Å². The van der Waals surface area contributed by atoms with Gasteiger partial charge in [0.1, 0.15) is 0 Å². The number of imidazole rings is 1. The van der Waals surface area contributed by atoms with Gasteiger partial charge in [-0.3, -0.25) is 0 Å². The average molecular weight is 262 g/mol. The maximum Gasteiger partial charge on any atom is 0.335 e. The summed E-state index contributed by atoms with van der Waals surface area (Å²) in [5.41, 5.74) is 2.11. The van der Waals surface area contributed by atoms with E-state index in [0.29, 0.717) is 10.8 Å². The molecule has 94 valence electrons. The van der Waals surface area contributed by atoms with Gasteiger partial charge in [-0.2, -0.15) is 11.8 Å². The van der Waals surface area contributed by atoms with Gasteiger partial charge in [-0.05, 0) is 36.8 Å². The molecule has 1 aromatic carbocycles. The number of aromatic nitrogens is 2. The molecular weight excluding hydrogens is 248 g/mol. The molecule has 0 radical (unpaired) electrons. The van der Waals surface area contributed by atoms with E-state index in [1.165, 1.54) is 18.6 Å². The monoisotopic (exact) mass is 262 g/mol. The normalized spacial score (nSPS) is 19.4. The molecule has 1 N–H and O–H groups in total. The van der Waals surface area contributed by atoms with Crippen LogP contribution in [0.5, 0.6) is 0 Å². The lowest BCUT2D eigenvalue weighted by Crippen LogP contribution is -2.09. The molecule has 3 rings (SSSR count). The van der Waals surface area contributed by atoms with E-state index in [1.807, 2.05) is 18.1 Å². The SMILES string of the molecule is O=C(O)c1ccc2ncn(CC3CCCS3)c2c1. The molecular formula is C13H14N2O2S. The van der Waals surface area contributed by atoms with Gasteiger partial charge in [0.15, 0.2) is 0 Å². The van der Waals surface area contributed by atoms with E-state index in [2.05, 4.69) is 9.55 Å². The lowest BCUT2D eigenvalue weighted by molar-refractivity contribution is 0.0697. The van der Waals surface area contributed by atoms with Crippen LogP contribution >= 0.6 is 11.8 Å². The summed E-state index contributed by atoms with van der Waals surface area (Å²) < 4.78 is 2.07. The molecule has 0 amide bonds. The van der Waals surface area contributed by atoms with Crippen LogP contribution in [-0.4, -0.2) is 31.6 Å². The van der Waals surface area contributed by atoms with Gasteiger partial charge >= 0.3 is 5.97 Å². The Morgan fingerprint density at radius 2 is 2.44 bits per heavy atom. The second-order valence-electron chi connectivity index (χ2n) is 4.54. The molecule has 4 nitrogen and oxygen atoms in total. The minimum atomic E-state index is -0.889. The van der Waals surface area contributed by atoms with Crippen LogP contribution in [0, 0.1) is 0 Å². The fraction of sp³-hybridized carbons (Fsp3) is 0.385. The highest BCUT2D eigenvalue weighted by Gasteiger charge is 2.17. The molecule has 1 aliphatic heterocycles. The van der Waals surface area contributed by atoms with Crippen molar-refractivity contribution in [2.24, 2.45) is 0 Å². The number of carbonyl (C=O) groups is 1. The Kier molecular flexibility index (Phi) is 2.99. The van der Waals surface area contributed by atoms with Gasteiger partial charge in [0.25, 0.3) is 0 Å². The molecule has 0 spiro atoms. The van der Waals surface area contributed by atoms with Crippen LogP contribution in [0.1, 0.15) is 23.2 Å². The lowest BCUT2D eigenvalue weighted by Gasteiger charge is -2.10. The van der Waals surface area contributed by atoms with Crippen molar-refractivity contribution in [3.63, 3.8) is 0 Å². The number of aromatic carboxylic acids is 1. The third kappa shape index (κ3) is 2.10. The van der Waals surface area contributed by atoms with Crippen molar-refractivity contribution in [2.75, 3.05) is 5.75 Å². The summed E-state index contributed by atoms with van der Waals surface area (Å²) in [6, 6.07) is 5.09. The van der Waals surface area contributed by atoms with Crippen molar-refractivity contribution < 1.29 is 9.90 Å². The summed E-state index contributed by atoms with van der Waals surface area (Å²) in [7, 11) is 0. The minimum Gasteiger partial charge on any atom is -0.478 e. The summed E-state index contributed by atoms with van der Waals surface area (Å²) in [5.74, 6) is 0.345. The third-order valence-corrected chi connectivity index (χ3v) is 4.67. The first-order chi connectivity index (χ1) is 8.74. The number of benzene rings is 1. The first-order valence-electron chi connectivity index (χ1n) is 6.04. The molecule has 1 unspecified atom stereocenters. The van der Waals surface area contributed by atoms with Crippen molar-refractivity contribution in [1.29, 1.82) is 0 Å². The molecule has 0 saturated carbocycles. The number of nitrogens with zero attached hydrogens (tertiary/aromatic N) is 2. The lowest BCUT2D eigenvalue weighted by atomic mass is 10.2. The predicted octanol–water partition coefficient (Wildman–Crippen LogP) is 2.63. The Balaban J connectivity index is 1.95. The summed E-state index contributed by atoms with van der Waals surface area (Å²) in [4.78, 5) is 15.3. The summed E-state index contributed by atoms with van der Waals surface area (Å²) in [6.07, 6.45) is 4.33. The molecule has 1 aromatic heterocycles. The Labute approximate surface area is 109 Å². The smallest absolute Gasteiger partial charge is 0.335 e. The van der Waals surface area contributed by atoms with E-state index in [4.69, 9.17) is 5.11 Å². The second kappa shape index (κ2) is 4.65. The van der Waals surface area contributed by atoms with Gasteiger partial charge in [-0.15, -0.1) is 0 Å². The van der Waals surface area contributed by atoms with Gasteiger partial charge < -0.3 is 9.67 Å². The van der Waals surface area contributed by atoms with Crippen molar-refractivity contribution in [3.05, 3.63) is 30.1 Å². The highest BCUT2D eigenvalue weighted by Crippen LogP contribution is 2.28. The zero-order valence-electron chi connectivity index (χ0n) is 9.87. The zero-order valence-corrected chi connectivity index (χ0v) is 10.7. The minimum absolute atomic E-state index is 0.323. The summed E-state index contributed by atoms with van der Waals surface area (Å²) >= 11 is 1.99. The standard InChI is InChI=1S/C13H14N2O2S/c16-13(17)9-3-4-11-12(6-9)15(8-14-11)7-10-2-1-5-18-10/h3-4,6,8,10H,1-2,5,7H2,(H,16,17). The van der Waals surface area contributed by atoms with Crippen LogP contribution in [0.3, 0.4) is 0 Å². The molecule has 0 aliphatic carbocycles. The van der Waals surface area contributed by atoms with Gasteiger partial charge in [0.05, 0.1) is 22.9 Å². The van der Waals surface area contributed by atoms with E-state index >= 15 is 0 Å². The maximum atomic E-state index is 11.0. The second-order valence-corrected chi connectivity index (χ2v) is 5.95. The molecule has 5 heteroatoms. The van der Waals surface area contributed by atoms with E-state index in [1.54, 1.807) is 18.2 Å². The van der Waals surface area contributed by atoms with E-state index in [-0.39, 0.29) is 0 Å². The van der Waals surface area contributed by atoms with Crippen LogP contribution in [0.15, 0.2) is 24.5 Å². The molecule has 1 fully saturated rings. The zero-order chi connectivity index (χ0) is 12.5. The molecule has 1 saturated heterocycles. The predicted molar refractivity (Wildman–Crippen MR) is 72.2 cm³/mol. The van der Waals surface area contributed by atoms with Gasteiger partial charge in [-0.25, -0.2) is 9.78 Å². The Bertz CT molecular complexity index is 588. The number of fused-ring (bicyclic) bond motifs is 1. The number of thioether (sulfide) groups is 1. The molecule has 1 aliphatic rings. The molecule has 0 bridgehead atoms. The van der Waals surface area contributed by atoms with Gasteiger partial charge in [0, 0.05) is 11.8 Å². The first-order valence-corrected chi connectivity index (χ1v) is 7.09. The van der Waals surface area contributed by atoms with Crippen LogP contribution in [0.25, 0.3) is 11.0 Å². The summed E-state index contributed by atoms with van der Waals surface area (Å²) in [5, 5.41) is 9.66. The first kappa shape index (κ1) is 11.6. The number of hydrogen-bond acceptors (Lipinski definition) is 3. The third-order valence-electron chi connectivity index (χ3n) is 3.29. The highest BCUT2D eigenvalue weighted by atomic mass is 32.2. The largest absolute Gasteiger partial charge is 0.478 e. The van der Waals surface area contributed by atoms with E-state index in [9.17, 15) is 4.79 Å². The topological polar surface area (TPSA) is 55.1 Å². The quantitative estimate of drug-likeness (QED) is 0.924. The number of carboxylic acid groups (broad SMARTS) is 1. The Hall–Kier alpha value is -1.49. The Morgan fingerprint density at radius 3 is 3.17 bits per heavy atom. The fourth-order valence-corrected chi connectivity index (χ4v) is 3.61.